The Bertz CT molecular complexity index is 2830. The largest absolute Gasteiger partial charge is 0.360 e. The van der Waals surface area contributed by atoms with Gasteiger partial charge < -0.3 is 4.52 Å². The van der Waals surface area contributed by atoms with Crippen molar-refractivity contribution < 1.29 is 26.5 Å². The SMILES string of the molecule is Cc1nn(C(=O)c2c(-c3c(Cl)cccc3Cl)noc2C)c(C)c1Cc1c(F)cccc1Cl.Cc1nn(S(=O)(=O)c2ccc(Cl)c(Cl)c2)c(C)c1Cc1c(F)cccc1Cl. The number of aromatic nitrogens is 5. The van der Waals surface area contributed by atoms with E-state index in [0.717, 1.165) is 4.09 Å². The van der Waals surface area contributed by atoms with Crippen LogP contribution in [0, 0.1) is 46.3 Å². The van der Waals surface area contributed by atoms with Gasteiger partial charge in [-0.2, -0.15) is 22.7 Å². The number of aryl methyl sites for hydroxylation is 3. The predicted molar refractivity (Wildman–Crippen MR) is 227 cm³/mol. The minimum absolute atomic E-state index is 0.0435. The number of hydrogen-bond acceptors (Lipinski definition) is 7. The van der Waals surface area contributed by atoms with Crippen LogP contribution in [-0.2, 0) is 22.9 Å². The van der Waals surface area contributed by atoms with Gasteiger partial charge in [-0.25, -0.2) is 13.5 Å². The number of carbonyl (C=O) groups excluding carboxylic acids is 1. The molecule has 0 bridgehead atoms. The molecule has 0 amide bonds. The standard InChI is InChI=1S/C23H17Cl3FN3O2.C18H14Cl3FN2O2S/c1-11-14(10-15-16(24)6-5-9-19(15)27)12(2)30(28-11)23(31)20-13(3)32-29-22(20)21-17(25)7-4-8-18(21)26;1-10-13(9-14-15(19)4-3-5-18(14)22)11(2)24(23-10)27(25,26)12-6-7-16(20)17(21)8-12/h4-9H,10H2,1-3H3;3-8H,9H2,1-2H3. The van der Waals surface area contributed by atoms with Crippen LogP contribution in [0.2, 0.25) is 30.1 Å². The van der Waals surface area contributed by atoms with Crippen molar-refractivity contribution in [1.29, 1.82) is 0 Å². The number of benzene rings is 4. The summed E-state index contributed by atoms with van der Waals surface area (Å²) in [5.74, 6) is -1.03. The molecule has 9 nitrogen and oxygen atoms in total. The highest BCUT2D eigenvalue weighted by molar-refractivity contribution is 7.89. The van der Waals surface area contributed by atoms with Gasteiger partial charge in [-0.15, -0.1) is 0 Å². The summed E-state index contributed by atoms with van der Waals surface area (Å²) in [6.45, 7) is 8.40. The van der Waals surface area contributed by atoms with E-state index in [4.69, 9.17) is 74.1 Å². The Balaban J connectivity index is 0.000000201. The molecule has 0 saturated carbocycles. The Kier molecular flexibility index (Phi) is 13.3. The summed E-state index contributed by atoms with van der Waals surface area (Å²) >= 11 is 36.8. The fourth-order valence-corrected chi connectivity index (χ4v) is 9.19. The third-order valence-electron chi connectivity index (χ3n) is 9.56. The summed E-state index contributed by atoms with van der Waals surface area (Å²) in [4.78, 5) is 13.5. The van der Waals surface area contributed by atoms with Gasteiger partial charge >= 0.3 is 0 Å². The van der Waals surface area contributed by atoms with E-state index in [-0.39, 0.29) is 49.6 Å². The van der Waals surface area contributed by atoms with Crippen LogP contribution in [0.3, 0.4) is 0 Å². The molecular formula is C41H31Cl6F2N5O4S. The minimum atomic E-state index is -3.99. The third kappa shape index (κ3) is 8.81. The van der Waals surface area contributed by atoms with E-state index in [1.807, 2.05) is 0 Å². The lowest BCUT2D eigenvalue weighted by Crippen LogP contribution is -2.17. The van der Waals surface area contributed by atoms with Crippen molar-refractivity contribution in [3.05, 3.63) is 171 Å². The fraction of sp³-hybridized carbons (Fsp3) is 0.171. The van der Waals surface area contributed by atoms with Crippen LogP contribution in [-0.4, -0.2) is 38.4 Å². The molecule has 18 heteroatoms. The second kappa shape index (κ2) is 17.8. The molecule has 0 spiro atoms. The average molecular weight is 941 g/mol. The Hall–Kier alpha value is -4.27. The molecule has 0 aliphatic heterocycles. The van der Waals surface area contributed by atoms with Crippen molar-refractivity contribution in [1.82, 2.24) is 24.1 Å². The first-order valence-electron chi connectivity index (χ1n) is 17.4. The zero-order valence-corrected chi connectivity index (χ0v) is 37.0. The van der Waals surface area contributed by atoms with Crippen LogP contribution in [0.5, 0.6) is 0 Å². The predicted octanol–water partition coefficient (Wildman–Crippen LogP) is 12.3. The molecule has 59 heavy (non-hydrogen) atoms. The second-order valence-electron chi connectivity index (χ2n) is 13.3. The average Bonchev–Trinajstić information content (AvgIpc) is 3.79. The molecule has 3 heterocycles. The first kappa shape index (κ1) is 44.3. The highest BCUT2D eigenvalue weighted by atomic mass is 35.5. The molecule has 0 aliphatic rings. The van der Waals surface area contributed by atoms with E-state index in [1.54, 1.807) is 71.0 Å². The lowest BCUT2D eigenvalue weighted by atomic mass is 10.0. The van der Waals surface area contributed by atoms with Crippen molar-refractivity contribution >= 4 is 85.5 Å². The summed E-state index contributed by atoms with van der Waals surface area (Å²) in [5.41, 5.74) is 4.74. The second-order valence-corrected chi connectivity index (χ2v) is 17.5. The zero-order chi connectivity index (χ0) is 43.1. The maximum Gasteiger partial charge on any atom is 0.284 e. The van der Waals surface area contributed by atoms with Crippen molar-refractivity contribution in [3.8, 4) is 11.3 Å². The van der Waals surface area contributed by atoms with Gasteiger partial charge in [0.05, 0.1) is 42.1 Å². The molecule has 4 aromatic carbocycles. The van der Waals surface area contributed by atoms with Gasteiger partial charge in [-0.3, -0.25) is 4.79 Å². The molecule has 7 rings (SSSR count). The quantitative estimate of drug-likeness (QED) is 0.149. The van der Waals surface area contributed by atoms with E-state index < -0.39 is 27.6 Å². The van der Waals surface area contributed by atoms with Gasteiger partial charge in [-0.05, 0) is 89.2 Å². The smallest absolute Gasteiger partial charge is 0.284 e. The van der Waals surface area contributed by atoms with Crippen LogP contribution in [0.1, 0.15) is 61.1 Å². The number of carbonyl (C=O) groups is 1. The molecule has 7 aromatic rings. The van der Waals surface area contributed by atoms with Gasteiger partial charge in [0.2, 0.25) is 0 Å². The van der Waals surface area contributed by atoms with Crippen molar-refractivity contribution in [3.63, 3.8) is 0 Å². The van der Waals surface area contributed by atoms with E-state index in [0.29, 0.717) is 65.9 Å². The van der Waals surface area contributed by atoms with Gasteiger partial charge in [0, 0.05) is 56.4 Å². The van der Waals surface area contributed by atoms with E-state index >= 15 is 0 Å². The monoisotopic (exact) mass is 937 g/mol. The van der Waals surface area contributed by atoms with Gasteiger partial charge in [0.1, 0.15) is 28.7 Å². The van der Waals surface area contributed by atoms with Crippen LogP contribution in [0.15, 0.2) is 82.2 Å². The summed E-state index contributed by atoms with van der Waals surface area (Å²) in [5, 5.41) is 14.2. The first-order valence-corrected chi connectivity index (χ1v) is 21.2. The van der Waals surface area contributed by atoms with Crippen molar-refractivity contribution in [2.24, 2.45) is 0 Å². The summed E-state index contributed by atoms with van der Waals surface area (Å²) < 4.78 is 61.9. The van der Waals surface area contributed by atoms with Gasteiger partial charge in [0.15, 0.2) is 0 Å². The van der Waals surface area contributed by atoms with Crippen molar-refractivity contribution in [2.75, 3.05) is 0 Å². The number of hydrogen-bond donors (Lipinski definition) is 0. The lowest BCUT2D eigenvalue weighted by molar-refractivity contribution is 0.0941. The van der Waals surface area contributed by atoms with Gasteiger partial charge in [-0.1, -0.05) is 93.0 Å². The Morgan fingerprint density at radius 2 is 1.15 bits per heavy atom. The van der Waals surface area contributed by atoms with Crippen molar-refractivity contribution in [2.45, 2.75) is 52.4 Å². The normalized spacial score (nSPS) is 11.5. The molecule has 306 valence electrons. The maximum absolute atomic E-state index is 14.3. The highest BCUT2D eigenvalue weighted by Gasteiger charge is 2.29. The van der Waals surface area contributed by atoms with Crippen LogP contribution in [0.25, 0.3) is 11.3 Å². The summed E-state index contributed by atoms with van der Waals surface area (Å²) in [7, 11) is -3.99. The van der Waals surface area contributed by atoms with Crippen LogP contribution >= 0.6 is 69.6 Å². The molecule has 0 saturated heterocycles. The molecule has 0 unspecified atom stereocenters. The lowest BCUT2D eigenvalue weighted by Gasteiger charge is -2.09. The molecule has 0 radical (unpaired) electrons. The van der Waals surface area contributed by atoms with Gasteiger partial charge in [0.25, 0.3) is 15.9 Å². The van der Waals surface area contributed by atoms with E-state index in [1.165, 1.54) is 41.1 Å². The van der Waals surface area contributed by atoms with Crippen LogP contribution < -0.4 is 0 Å². The first-order chi connectivity index (χ1) is 27.8. The number of nitrogens with zero attached hydrogens (tertiary/aromatic N) is 5. The molecule has 0 aliphatic carbocycles. The Morgan fingerprint density at radius 1 is 0.644 bits per heavy atom. The molecule has 3 aromatic heterocycles. The molecule has 0 N–H and O–H groups in total. The topological polar surface area (TPSA) is 113 Å². The van der Waals surface area contributed by atoms with Crippen LogP contribution in [0.4, 0.5) is 8.78 Å². The number of rotatable bonds is 8. The Labute approximate surface area is 368 Å². The zero-order valence-electron chi connectivity index (χ0n) is 31.6. The van der Waals surface area contributed by atoms with E-state index in [2.05, 4.69) is 15.4 Å². The molecule has 0 fully saturated rings. The summed E-state index contributed by atoms with van der Waals surface area (Å²) in [6, 6.07) is 18.0. The molecule has 0 atom stereocenters. The third-order valence-corrected chi connectivity index (χ3v) is 13.3. The number of halogens is 8. The summed E-state index contributed by atoms with van der Waals surface area (Å²) in [6.07, 6.45) is 0.322. The minimum Gasteiger partial charge on any atom is -0.360 e. The Morgan fingerprint density at radius 3 is 1.69 bits per heavy atom. The maximum atomic E-state index is 14.3. The van der Waals surface area contributed by atoms with E-state index in [9.17, 15) is 22.0 Å². The highest BCUT2D eigenvalue weighted by Crippen LogP contribution is 2.38. The molecular weight excluding hydrogens is 909 g/mol. The fourth-order valence-electron chi connectivity index (χ4n) is 6.38.